The molecule has 0 aromatic heterocycles. The molecule has 30 heavy (non-hydrogen) atoms. The average molecular weight is 487 g/mol. The van der Waals surface area contributed by atoms with Crippen LogP contribution < -0.4 is 4.74 Å². The molecule has 0 unspecified atom stereocenters. The Kier molecular flexibility index (Phi) is 5.83. The van der Waals surface area contributed by atoms with Crippen molar-refractivity contribution in [1.29, 1.82) is 5.41 Å². The van der Waals surface area contributed by atoms with E-state index in [9.17, 15) is 9.18 Å². The lowest BCUT2D eigenvalue weighted by molar-refractivity contribution is -0.114. The molecule has 0 spiro atoms. The van der Waals surface area contributed by atoms with Crippen molar-refractivity contribution in [3.63, 3.8) is 0 Å². The summed E-state index contributed by atoms with van der Waals surface area (Å²) in [6, 6.07) is 11.5. The molecule has 0 saturated heterocycles. The Hall–Kier alpha value is -2.78. The number of thioether (sulfide) groups is 1. The molecule has 9 heteroatoms. The zero-order valence-electron chi connectivity index (χ0n) is 15.9. The third-order valence-corrected chi connectivity index (χ3v) is 6.05. The standard InChI is InChI=1S/C21H16BrFN4O2S/c1-2-18-26-27-19(24)15(20(28)25-21(27)30-18)9-13-5-8-17(16(22)10-13)29-11-12-3-6-14(23)7-4-12/h3-10,24H,2,11H2,1H3/b15-9-,24-19?. The van der Waals surface area contributed by atoms with Crippen molar-refractivity contribution in [3.8, 4) is 5.75 Å². The Morgan fingerprint density at radius 2 is 2.03 bits per heavy atom. The Morgan fingerprint density at radius 3 is 2.73 bits per heavy atom. The number of aliphatic imine (C=N–C) groups is 1. The Labute approximate surface area is 185 Å². The van der Waals surface area contributed by atoms with Crippen molar-refractivity contribution in [2.75, 3.05) is 0 Å². The van der Waals surface area contributed by atoms with E-state index in [0.29, 0.717) is 34.0 Å². The zero-order valence-corrected chi connectivity index (χ0v) is 18.3. The number of carbonyl (C=O) groups excluding carboxylic acids is 1. The number of amidine groups is 2. The molecular weight excluding hydrogens is 471 g/mol. The highest BCUT2D eigenvalue weighted by Crippen LogP contribution is 2.31. The third-order valence-electron chi connectivity index (χ3n) is 4.37. The normalized spacial score (nSPS) is 17.2. The van der Waals surface area contributed by atoms with Gasteiger partial charge in [-0.25, -0.2) is 4.39 Å². The van der Waals surface area contributed by atoms with Gasteiger partial charge in [0.05, 0.1) is 10.0 Å². The summed E-state index contributed by atoms with van der Waals surface area (Å²) in [5.74, 6) is -0.131. The van der Waals surface area contributed by atoms with Gasteiger partial charge < -0.3 is 4.74 Å². The number of benzene rings is 2. The molecule has 1 amide bonds. The molecule has 2 aliphatic heterocycles. The van der Waals surface area contributed by atoms with Gasteiger partial charge in [0.2, 0.25) is 5.17 Å². The molecular formula is C21H16BrFN4O2S. The predicted octanol–water partition coefficient (Wildman–Crippen LogP) is 5.20. The predicted molar refractivity (Wildman–Crippen MR) is 120 cm³/mol. The van der Waals surface area contributed by atoms with E-state index in [1.165, 1.54) is 28.9 Å². The molecule has 2 heterocycles. The van der Waals surface area contributed by atoms with Crippen LogP contribution in [0.15, 0.2) is 62.6 Å². The highest BCUT2D eigenvalue weighted by Gasteiger charge is 2.35. The lowest BCUT2D eigenvalue weighted by Gasteiger charge is -2.20. The van der Waals surface area contributed by atoms with E-state index in [4.69, 9.17) is 10.1 Å². The van der Waals surface area contributed by atoms with E-state index in [1.807, 2.05) is 6.92 Å². The maximum absolute atomic E-state index is 13.0. The molecule has 152 valence electrons. The quantitative estimate of drug-likeness (QED) is 0.589. The van der Waals surface area contributed by atoms with Crippen LogP contribution in [-0.4, -0.2) is 27.0 Å². The lowest BCUT2D eigenvalue weighted by Crippen LogP contribution is -2.35. The van der Waals surface area contributed by atoms with Crippen LogP contribution in [0.4, 0.5) is 4.39 Å². The third kappa shape index (κ3) is 4.22. The van der Waals surface area contributed by atoms with Crippen LogP contribution in [0.5, 0.6) is 5.75 Å². The molecule has 6 nitrogen and oxygen atoms in total. The topological polar surface area (TPSA) is 78.1 Å². The van der Waals surface area contributed by atoms with Crippen molar-refractivity contribution >= 4 is 55.7 Å². The first-order valence-electron chi connectivity index (χ1n) is 9.10. The summed E-state index contributed by atoms with van der Waals surface area (Å²) in [5.41, 5.74) is 1.74. The van der Waals surface area contributed by atoms with Gasteiger partial charge in [0.15, 0.2) is 5.84 Å². The Morgan fingerprint density at radius 1 is 1.27 bits per heavy atom. The fourth-order valence-corrected chi connectivity index (χ4v) is 4.14. The van der Waals surface area contributed by atoms with Crippen molar-refractivity contribution in [2.24, 2.45) is 10.1 Å². The molecule has 0 radical (unpaired) electrons. The zero-order chi connectivity index (χ0) is 21.3. The fourth-order valence-electron chi connectivity index (χ4n) is 2.81. The maximum atomic E-state index is 13.0. The number of nitrogens with zero attached hydrogens (tertiary/aromatic N) is 3. The number of hydrazone groups is 1. The summed E-state index contributed by atoms with van der Waals surface area (Å²) >= 11 is 4.79. The van der Waals surface area contributed by atoms with Gasteiger partial charge in [0.1, 0.15) is 23.2 Å². The van der Waals surface area contributed by atoms with Gasteiger partial charge >= 0.3 is 0 Å². The second-order valence-corrected chi connectivity index (χ2v) is 8.37. The van der Waals surface area contributed by atoms with Gasteiger partial charge in [0.25, 0.3) is 5.91 Å². The number of ether oxygens (including phenoxy) is 1. The molecule has 2 aliphatic rings. The van der Waals surface area contributed by atoms with E-state index in [1.54, 1.807) is 36.4 Å². The van der Waals surface area contributed by atoms with Crippen molar-refractivity contribution in [3.05, 3.63) is 69.5 Å². The van der Waals surface area contributed by atoms with E-state index in [2.05, 4.69) is 26.0 Å². The number of nitrogens with one attached hydrogen (secondary N) is 1. The minimum absolute atomic E-state index is 0.00806. The number of amides is 1. The van der Waals surface area contributed by atoms with Crippen LogP contribution >= 0.6 is 27.7 Å². The smallest absolute Gasteiger partial charge is 0.283 e. The SMILES string of the molecule is CCC1=NN2C(=N)/C(=C/c3ccc(OCc4ccc(F)cc4)c(Br)c3)C(=O)N=C2S1. The van der Waals surface area contributed by atoms with Gasteiger partial charge in [-0.05, 0) is 75.6 Å². The summed E-state index contributed by atoms with van der Waals surface area (Å²) in [6.45, 7) is 2.26. The number of hydrogen-bond acceptors (Lipinski definition) is 5. The first-order chi connectivity index (χ1) is 14.4. The van der Waals surface area contributed by atoms with Crippen LogP contribution in [0.25, 0.3) is 6.08 Å². The second kappa shape index (κ2) is 8.53. The summed E-state index contributed by atoms with van der Waals surface area (Å²) in [4.78, 5) is 16.5. The summed E-state index contributed by atoms with van der Waals surface area (Å²) < 4.78 is 19.5. The summed E-state index contributed by atoms with van der Waals surface area (Å²) in [7, 11) is 0. The largest absolute Gasteiger partial charge is 0.488 e. The van der Waals surface area contributed by atoms with Crippen LogP contribution in [-0.2, 0) is 11.4 Å². The molecule has 1 N–H and O–H groups in total. The van der Waals surface area contributed by atoms with E-state index < -0.39 is 5.91 Å². The maximum Gasteiger partial charge on any atom is 0.283 e. The number of carbonyl (C=O) groups is 1. The number of halogens is 2. The summed E-state index contributed by atoms with van der Waals surface area (Å²) in [6.07, 6.45) is 2.33. The summed E-state index contributed by atoms with van der Waals surface area (Å²) in [5, 5.41) is 15.3. The van der Waals surface area contributed by atoms with Crippen LogP contribution in [0, 0.1) is 11.2 Å². The monoisotopic (exact) mass is 486 g/mol. The van der Waals surface area contributed by atoms with Gasteiger partial charge in [-0.15, -0.1) is 0 Å². The van der Waals surface area contributed by atoms with Crippen molar-refractivity contribution in [2.45, 2.75) is 20.0 Å². The number of hydrogen-bond donors (Lipinski definition) is 1. The second-order valence-electron chi connectivity index (χ2n) is 6.47. The highest BCUT2D eigenvalue weighted by atomic mass is 79.9. The minimum atomic E-state index is -0.459. The molecule has 0 aliphatic carbocycles. The molecule has 0 bridgehead atoms. The van der Waals surface area contributed by atoms with Crippen molar-refractivity contribution in [1.82, 2.24) is 5.01 Å². The van der Waals surface area contributed by atoms with Gasteiger partial charge in [0, 0.05) is 0 Å². The minimum Gasteiger partial charge on any atom is -0.488 e. The van der Waals surface area contributed by atoms with Gasteiger partial charge in [-0.3, -0.25) is 10.2 Å². The van der Waals surface area contributed by atoms with Gasteiger partial charge in [-0.2, -0.15) is 15.1 Å². The van der Waals surface area contributed by atoms with E-state index in [0.717, 1.165) is 10.6 Å². The molecule has 2 aromatic carbocycles. The van der Waals surface area contributed by atoms with Gasteiger partial charge in [-0.1, -0.05) is 25.1 Å². The van der Waals surface area contributed by atoms with Crippen LogP contribution in [0.2, 0.25) is 0 Å². The van der Waals surface area contributed by atoms with Crippen LogP contribution in [0.1, 0.15) is 24.5 Å². The first kappa shape index (κ1) is 20.5. The van der Waals surface area contributed by atoms with Crippen LogP contribution in [0.3, 0.4) is 0 Å². The number of fused-ring (bicyclic) bond motifs is 1. The Bertz CT molecular complexity index is 1130. The molecule has 4 rings (SSSR count). The fraction of sp³-hybridized carbons (Fsp3) is 0.143. The highest BCUT2D eigenvalue weighted by molar-refractivity contribution is 9.10. The molecule has 0 saturated carbocycles. The Balaban J connectivity index is 1.52. The van der Waals surface area contributed by atoms with E-state index >= 15 is 0 Å². The molecule has 0 atom stereocenters. The first-order valence-corrected chi connectivity index (χ1v) is 10.7. The molecule has 0 fully saturated rings. The van der Waals surface area contributed by atoms with E-state index in [-0.39, 0.29) is 17.2 Å². The number of rotatable bonds is 5. The average Bonchev–Trinajstić information content (AvgIpc) is 3.15. The lowest BCUT2D eigenvalue weighted by atomic mass is 10.1. The van der Waals surface area contributed by atoms with Crippen molar-refractivity contribution < 1.29 is 13.9 Å². The molecule has 2 aromatic rings.